The van der Waals surface area contributed by atoms with Crippen molar-refractivity contribution in [2.45, 2.75) is 45.4 Å². The second-order valence-corrected chi connectivity index (χ2v) is 7.78. The zero-order chi connectivity index (χ0) is 14.4. The van der Waals surface area contributed by atoms with Crippen molar-refractivity contribution in [3.8, 4) is 0 Å². The van der Waals surface area contributed by atoms with Gasteiger partial charge in [-0.2, -0.15) is 4.37 Å². The van der Waals surface area contributed by atoms with Crippen LogP contribution in [0.25, 0.3) is 0 Å². The highest BCUT2D eigenvalue weighted by molar-refractivity contribution is 7.09. The molecule has 6 heteroatoms. The number of nitrogens with one attached hydrogen (secondary N) is 2. The number of nitrogens with zero attached hydrogens (tertiary/aromatic N) is 2. The molecule has 20 heavy (non-hydrogen) atoms. The molecule has 1 saturated heterocycles. The summed E-state index contributed by atoms with van der Waals surface area (Å²) in [6.07, 6.45) is 3.27. The lowest BCUT2D eigenvalue weighted by atomic mass is 9.92. The van der Waals surface area contributed by atoms with Crippen molar-refractivity contribution in [1.82, 2.24) is 14.7 Å². The Bertz CT molecular complexity index is 513. The summed E-state index contributed by atoms with van der Waals surface area (Å²) in [6, 6.07) is 0. The molecule has 1 aliphatic heterocycles. The Morgan fingerprint density at radius 3 is 2.70 bits per heavy atom. The fourth-order valence-electron chi connectivity index (χ4n) is 2.97. The van der Waals surface area contributed by atoms with Crippen molar-refractivity contribution >= 4 is 22.6 Å². The Hall–Kier alpha value is -1.01. The molecule has 110 valence electrons. The molecule has 1 atom stereocenters. The van der Waals surface area contributed by atoms with E-state index in [9.17, 15) is 4.79 Å². The Balaban J connectivity index is 1.61. The summed E-state index contributed by atoms with van der Waals surface area (Å²) in [4.78, 5) is 16.7. The molecule has 1 aliphatic carbocycles. The van der Waals surface area contributed by atoms with Gasteiger partial charge < -0.3 is 10.6 Å². The monoisotopic (exact) mass is 294 g/mol. The summed E-state index contributed by atoms with van der Waals surface area (Å²) in [7, 11) is 0. The Kier molecular flexibility index (Phi) is 3.33. The van der Waals surface area contributed by atoms with Crippen LogP contribution in [-0.2, 0) is 10.2 Å². The van der Waals surface area contributed by atoms with Crippen LogP contribution in [-0.4, -0.2) is 28.4 Å². The third-order valence-electron chi connectivity index (χ3n) is 4.43. The van der Waals surface area contributed by atoms with E-state index >= 15 is 0 Å². The maximum atomic E-state index is 12.3. The zero-order valence-electron chi connectivity index (χ0n) is 12.3. The number of carbonyl (C=O) groups is 1. The first kappa shape index (κ1) is 13.9. The van der Waals surface area contributed by atoms with Gasteiger partial charge in [-0.25, -0.2) is 4.98 Å². The van der Waals surface area contributed by atoms with Gasteiger partial charge in [-0.15, -0.1) is 0 Å². The normalized spacial score (nSPS) is 24.6. The fourth-order valence-corrected chi connectivity index (χ4v) is 3.73. The molecule has 1 saturated carbocycles. The molecule has 0 radical (unpaired) electrons. The van der Waals surface area contributed by atoms with E-state index in [1.807, 2.05) is 0 Å². The topological polar surface area (TPSA) is 66.9 Å². The summed E-state index contributed by atoms with van der Waals surface area (Å²) < 4.78 is 4.33. The van der Waals surface area contributed by atoms with E-state index in [0.717, 1.165) is 38.2 Å². The molecule has 5 nitrogen and oxygen atoms in total. The van der Waals surface area contributed by atoms with Gasteiger partial charge in [0.15, 0.2) is 0 Å². The highest BCUT2D eigenvalue weighted by Gasteiger charge is 2.57. The lowest BCUT2D eigenvalue weighted by molar-refractivity contribution is -0.118. The molecule has 0 aromatic carbocycles. The SMILES string of the molecule is CC(C)(C)c1nsc(NC(=O)C2CC23CCNCC3)n1. The average Bonchev–Trinajstić information content (AvgIpc) is 2.85. The third-order valence-corrected chi connectivity index (χ3v) is 5.06. The van der Waals surface area contributed by atoms with Gasteiger partial charge in [-0.3, -0.25) is 4.79 Å². The van der Waals surface area contributed by atoms with Crippen LogP contribution in [0.5, 0.6) is 0 Å². The maximum Gasteiger partial charge on any atom is 0.229 e. The number of hydrogen-bond acceptors (Lipinski definition) is 5. The van der Waals surface area contributed by atoms with Crippen LogP contribution in [0.3, 0.4) is 0 Å². The van der Waals surface area contributed by atoms with Gasteiger partial charge in [-0.05, 0) is 37.8 Å². The third kappa shape index (κ3) is 2.59. The average molecular weight is 294 g/mol. The van der Waals surface area contributed by atoms with Crippen LogP contribution in [0.2, 0.25) is 0 Å². The van der Waals surface area contributed by atoms with Crippen molar-refractivity contribution in [3.05, 3.63) is 5.82 Å². The van der Waals surface area contributed by atoms with Crippen LogP contribution >= 0.6 is 11.5 Å². The van der Waals surface area contributed by atoms with Crippen LogP contribution < -0.4 is 10.6 Å². The first-order valence-corrected chi connectivity index (χ1v) is 8.04. The standard InChI is InChI=1S/C14H22N4OS/c1-13(2,3)11-17-12(20-18-11)16-10(19)9-8-14(9)4-6-15-7-5-14/h9,15H,4-8H2,1-3H3,(H,16,17,18,19). The first-order chi connectivity index (χ1) is 9.41. The van der Waals surface area contributed by atoms with E-state index in [2.05, 4.69) is 40.8 Å². The molecular formula is C14H22N4OS. The number of piperidine rings is 1. The molecule has 2 N–H and O–H groups in total. The molecular weight excluding hydrogens is 272 g/mol. The lowest BCUT2D eigenvalue weighted by Crippen LogP contribution is -2.31. The minimum Gasteiger partial charge on any atom is -0.317 e. The van der Waals surface area contributed by atoms with Gasteiger partial charge in [0.05, 0.1) is 0 Å². The molecule has 1 aromatic heterocycles. The van der Waals surface area contributed by atoms with Gasteiger partial charge in [0, 0.05) is 22.9 Å². The van der Waals surface area contributed by atoms with Gasteiger partial charge in [0.1, 0.15) is 5.82 Å². The molecule has 1 amide bonds. The van der Waals surface area contributed by atoms with Gasteiger partial charge in [0.25, 0.3) is 0 Å². The maximum absolute atomic E-state index is 12.3. The van der Waals surface area contributed by atoms with Gasteiger partial charge in [-0.1, -0.05) is 20.8 Å². The molecule has 3 rings (SSSR count). The smallest absolute Gasteiger partial charge is 0.229 e. The predicted octanol–water partition coefficient (Wildman–Crippen LogP) is 2.16. The second-order valence-electron chi connectivity index (χ2n) is 7.03. The highest BCUT2D eigenvalue weighted by atomic mass is 32.1. The number of rotatable bonds is 2. The van der Waals surface area contributed by atoms with Crippen LogP contribution in [0.4, 0.5) is 5.13 Å². The summed E-state index contributed by atoms with van der Waals surface area (Å²) in [5, 5.41) is 6.95. The van der Waals surface area contributed by atoms with E-state index in [1.165, 1.54) is 11.5 Å². The Morgan fingerprint density at radius 2 is 2.10 bits per heavy atom. The molecule has 2 fully saturated rings. The minimum atomic E-state index is -0.0741. The van der Waals surface area contributed by atoms with Crippen molar-refractivity contribution in [2.24, 2.45) is 11.3 Å². The van der Waals surface area contributed by atoms with E-state index in [-0.39, 0.29) is 22.7 Å². The second kappa shape index (κ2) is 4.77. The summed E-state index contributed by atoms with van der Waals surface area (Å²) in [6.45, 7) is 8.30. The molecule has 1 spiro atoms. The molecule has 2 heterocycles. The number of anilines is 1. The van der Waals surface area contributed by atoms with Gasteiger partial charge >= 0.3 is 0 Å². The van der Waals surface area contributed by atoms with Crippen LogP contribution in [0, 0.1) is 11.3 Å². The lowest BCUT2D eigenvalue weighted by Gasteiger charge is -2.22. The summed E-state index contributed by atoms with van der Waals surface area (Å²) >= 11 is 1.28. The Morgan fingerprint density at radius 1 is 1.40 bits per heavy atom. The molecule has 1 aromatic rings. The number of hydrogen-bond donors (Lipinski definition) is 2. The zero-order valence-corrected chi connectivity index (χ0v) is 13.1. The van der Waals surface area contributed by atoms with Gasteiger partial charge in [0.2, 0.25) is 11.0 Å². The van der Waals surface area contributed by atoms with Crippen LogP contribution in [0.1, 0.15) is 45.9 Å². The molecule has 0 bridgehead atoms. The fraction of sp³-hybridized carbons (Fsp3) is 0.786. The molecule has 1 unspecified atom stereocenters. The van der Waals surface area contributed by atoms with Crippen molar-refractivity contribution < 1.29 is 4.79 Å². The largest absolute Gasteiger partial charge is 0.317 e. The van der Waals surface area contributed by atoms with Crippen LogP contribution in [0.15, 0.2) is 0 Å². The van der Waals surface area contributed by atoms with Crippen molar-refractivity contribution in [1.29, 1.82) is 0 Å². The highest BCUT2D eigenvalue weighted by Crippen LogP contribution is 2.58. The summed E-state index contributed by atoms with van der Waals surface area (Å²) in [5.74, 6) is 1.10. The van der Waals surface area contributed by atoms with Crippen molar-refractivity contribution in [3.63, 3.8) is 0 Å². The predicted molar refractivity (Wildman–Crippen MR) is 79.9 cm³/mol. The minimum absolute atomic E-state index is 0.0741. The summed E-state index contributed by atoms with van der Waals surface area (Å²) in [5.41, 5.74) is 0.197. The quantitative estimate of drug-likeness (QED) is 0.877. The number of amides is 1. The van der Waals surface area contributed by atoms with E-state index < -0.39 is 0 Å². The van der Waals surface area contributed by atoms with E-state index in [4.69, 9.17) is 0 Å². The number of aromatic nitrogens is 2. The van der Waals surface area contributed by atoms with E-state index in [0.29, 0.717) is 5.13 Å². The number of carbonyl (C=O) groups excluding carboxylic acids is 1. The van der Waals surface area contributed by atoms with E-state index in [1.54, 1.807) is 0 Å². The van der Waals surface area contributed by atoms with Crippen molar-refractivity contribution in [2.75, 3.05) is 18.4 Å². The Labute approximate surface area is 123 Å². The first-order valence-electron chi connectivity index (χ1n) is 7.27. The molecule has 2 aliphatic rings.